The van der Waals surface area contributed by atoms with Crippen LogP contribution >= 0.6 is 11.6 Å². The lowest BCUT2D eigenvalue weighted by Gasteiger charge is -2.35. The minimum absolute atomic E-state index is 0.0875. The van der Waals surface area contributed by atoms with Crippen LogP contribution in [0, 0.1) is 0 Å². The van der Waals surface area contributed by atoms with Crippen molar-refractivity contribution in [2.24, 2.45) is 0 Å². The predicted molar refractivity (Wildman–Crippen MR) is 80.8 cm³/mol. The number of benzene rings is 1. The van der Waals surface area contributed by atoms with Gasteiger partial charge in [0.05, 0.1) is 13.0 Å². The summed E-state index contributed by atoms with van der Waals surface area (Å²) in [5, 5.41) is 0.765. The smallest absolute Gasteiger partial charge is 0.307 e. The molecule has 1 saturated heterocycles. The van der Waals surface area contributed by atoms with Gasteiger partial charge in [0.15, 0.2) is 0 Å². The molecule has 110 valence electrons. The summed E-state index contributed by atoms with van der Waals surface area (Å²) in [6, 6.07) is 8.24. The lowest BCUT2D eigenvalue weighted by molar-refractivity contribution is -0.145. The Balaban J connectivity index is 1.97. The maximum Gasteiger partial charge on any atom is 0.307 e. The molecule has 3 nitrogen and oxygen atoms in total. The van der Waals surface area contributed by atoms with E-state index in [4.69, 9.17) is 16.3 Å². The van der Waals surface area contributed by atoms with Crippen molar-refractivity contribution < 1.29 is 9.53 Å². The van der Waals surface area contributed by atoms with Crippen molar-refractivity contribution in [3.63, 3.8) is 0 Å². The molecule has 1 unspecified atom stereocenters. The number of hydrogen-bond acceptors (Lipinski definition) is 3. The zero-order valence-electron chi connectivity index (χ0n) is 12.0. The second kappa shape index (κ2) is 7.65. The average molecular weight is 296 g/mol. The Kier molecular flexibility index (Phi) is 5.86. The molecule has 1 aliphatic rings. The highest BCUT2D eigenvalue weighted by molar-refractivity contribution is 6.30. The maximum absolute atomic E-state index is 11.7. The van der Waals surface area contributed by atoms with Crippen LogP contribution in [0.2, 0.25) is 5.02 Å². The van der Waals surface area contributed by atoms with Gasteiger partial charge in [-0.3, -0.25) is 9.69 Å². The van der Waals surface area contributed by atoms with E-state index < -0.39 is 0 Å². The SMILES string of the molecule is CCOC(=O)CC1CCCCN1Cc1cccc(Cl)c1. The van der Waals surface area contributed by atoms with Crippen molar-refractivity contribution in [1.82, 2.24) is 4.90 Å². The zero-order valence-corrected chi connectivity index (χ0v) is 12.7. The third-order valence-corrected chi connectivity index (χ3v) is 3.97. The third kappa shape index (κ3) is 4.50. The number of ether oxygens (including phenoxy) is 1. The standard InChI is InChI=1S/C16H22ClNO2/c1-2-20-16(19)11-15-8-3-4-9-18(15)12-13-6-5-7-14(17)10-13/h5-7,10,15H,2-4,8-9,11-12H2,1H3. The van der Waals surface area contributed by atoms with Gasteiger partial charge in [-0.05, 0) is 44.0 Å². The number of hydrogen-bond donors (Lipinski definition) is 0. The van der Waals surface area contributed by atoms with Crippen molar-refractivity contribution in [3.8, 4) is 0 Å². The Morgan fingerprint density at radius 1 is 1.45 bits per heavy atom. The van der Waals surface area contributed by atoms with Crippen LogP contribution in [0.15, 0.2) is 24.3 Å². The fourth-order valence-electron chi connectivity index (χ4n) is 2.78. The molecular formula is C16H22ClNO2. The molecule has 0 saturated carbocycles. The van der Waals surface area contributed by atoms with Crippen LogP contribution in [0.4, 0.5) is 0 Å². The van der Waals surface area contributed by atoms with Crippen molar-refractivity contribution in [2.45, 2.75) is 45.2 Å². The van der Waals surface area contributed by atoms with Crippen LogP contribution in [0.5, 0.6) is 0 Å². The summed E-state index contributed by atoms with van der Waals surface area (Å²) >= 11 is 6.03. The van der Waals surface area contributed by atoms with Gasteiger partial charge in [-0.25, -0.2) is 0 Å². The molecule has 1 aromatic carbocycles. The summed E-state index contributed by atoms with van der Waals surface area (Å²) in [7, 11) is 0. The van der Waals surface area contributed by atoms with Gasteiger partial charge in [0.1, 0.15) is 0 Å². The first kappa shape index (κ1) is 15.3. The second-order valence-electron chi connectivity index (χ2n) is 5.26. The molecule has 20 heavy (non-hydrogen) atoms. The Labute approximate surface area is 125 Å². The Morgan fingerprint density at radius 2 is 2.30 bits per heavy atom. The highest BCUT2D eigenvalue weighted by Gasteiger charge is 2.25. The van der Waals surface area contributed by atoms with E-state index >= 15 is 0 Å². The molecule has 1 fully saturated rings. The first-order chi connectivity index (χ1) is 9.69. The maximum atomic E-state index is 11.7. The quantitative estimate of drug-likeness (QED) is 0.777. The largest absolute Gasteiger partial charge is 0.466 e. The summed E-state index contributed by atoms with van der Waals surface area (Å²) in [6.45, 7) is 4.20. The van der Waals surface area contributed by atoms with E-state index in [1.54, 1.807) is 0 Å². The first-order valence-electron chi connectivity index (χ1n) is 7.33. The molecule has 0 spiro atoms. The van der Waals surface area contributed by atoms with Gasteiger partial charge in [0.25, 0.3) is 0 Å². The molecule has 1 aromatic rings. The first-order valence-corrected chi connectivity index (χ1v) is 7.71. The number of esters is 1. The molecule has 0 aromatic heterocycles. The molecule has 0 amide bonds. The number of likely N-dealkylation sites (tertiary alicyclic amines) is 1. The summed E-state index contributed by atoms with van der Waals surface area (Å²) < 4.78 is 5.08. The highest BCUT2D eigenvalue weighted by atomic mass is 35.5. The lowest BCUT2D eigenvalue weighted by Crippen LogP contribution is -2.40. The molecule has 2 rings (SSSR count). The topological polar surface area (TPSA) is 29.5 Å². The minimum Gasteiger partial charge on any atom is -0.466 e. The summed E-state index contributed by atoms with van der Waals surface area (Å²) in [5.74, 6) is -0.0875. The third-order valence-electron chi connectivity index (χ3n) is 3.73. The Bertz CT molecular complexity index is 450. The van der Waals surface area contributed by atoms with E-state index in [2.05, 4.69) is 11.0 Å². The van der Waals surface area contributed by atoms with E-state index in [1.807, 2.05) is 25.1 Å². The van der Waals surface area contributed by atoms with E-state index in [0.717, 1.165) is 24.5 Å². The predicted octanol–water partition coefficient (Wildman–Crippen LogP) is 3.65. The van der Waals surface area contributed by atoms with Crippen molar-refractivity contribution >= 4 is 17.6 Å². The number of piperidine rings is 1. The molecule has 1 aliphatic heterocycles. The summed E-state index contributed by atoms with van der Waals surface area (Å²) in [4.78, 5) is 14.1. The van der Waals surface area contributed by atoms with Gasteiger partial charge in [0.2, 0.25) is 0 Å². The van der Waals surface area contributed by atoms with Gasteiger partial charge in [0, 0.05) is 17.6 Å². The van der Waals surface area contributed by atoms with Gasteiger partial charge in [-0.2, -0.15) is 0 Å². The number of rotatable bonds is 5. The zero-order chi connectivity index (χ0) is 14.4. The molecule has 1 heterocycles. The molecule has 4 heteroatoms. The van der Waals surface area contributed by atoms with Gasteiger partial charge in [-0.15, -0.1) is 0 Å². The van der Waals surface area contributed by atoms with Crippen molar-refractivity contribution in [3.05, 3.63) is 34.9 Å². The van der Waals surface area contributed by atoms with E-state index in [0.29, 0.717) is 19.1 Å². The van der Waals surface area contributed by atoms with E-state index in [9.17, 15) is 4.79 Å². The van der Waals surface area contributed by atoms with E-state index in [1.165, 1.54) is 18.4 Å². The lowest BCUT2D eigenvalue weighted by atomic mass is 9.98. The summed E-state index contributed by atoms with van der Waals surface area (Å²) in [6.07, 6.45) is 3.95. The monoisotopic (exact) mass is 295 g/mol. The minimum atomic E-state index is -0.0875. The van der Waals surface area contributed by atoms with Crippen LogP contribution in [0.3, 0.4) is 0 Å². The molecule has 0 aliphatic carbocycles. The Hall–Kier alpha value is -1.06. The number of halogens is 1. The van der Waals surface area contributed by atoms with Crippen LogP contribution in [0.1, 0.15) is 38.2 Å². The molecule has 0 radical (unpaired) electrons. The second-order valence-corrected chi connectivity index (χ2v) is 5.70. The van der Waals surface area contributed by atoms with Gasteiger partial charge >= 0.3 is 5.97 Å². The fourth-order valence-corrected chi connectivity index (χ4v) is 2.99. The average Bonchev–Trinajstić information content (AvgIpc) is 2.41. The van der Waals surface area contributed by atoms with Crippen LogP contribution < -0.4 is 0 Å². The molecule has 1 atom stereocenters. The van der Waals surface area contributed by atoms with Crippen LogP contribution in [-0.2, 0) is 16.1 Å². The molecular weight excluding hydrogens is 274 g/mol. The normalized spacial score (nSPS) is 19.8. The number of carbonyl (C=O) groups is 1. The number of carbonyl (C=O) groups excluding carboxylic acids is 1. The summed E-state index contributed by atoms with van der Waals surface area (Å²) in [5.41, 5.74) is 1.20. The van der Waals surface area contributed by atoms with E-state index in [-0.39, 0.29) is 5.97 Å². The molecule has 0 bridgehead atoms. The number of nitrogens with zero attached hydrogens (tertiary/aromatic N) is 1. The Morgan fingerprint density at radius 3 is 3.05 bits per heavy atom. The highest BCUT2D eigenvalue weighted by Crippen LogP contribution is 2.23. The van der Waals surface area contributed by atoms with Crippen LogP contribution in [0.25, 0.3) is 0 Å². The van der Waals surface area contributed by atoms with Gasteiger partial charge in [-0.1, -0.05) is 30.2 Å². The van der Waals surface area contributed by atoms with Crippen molar-refractivity contribution in [1.29, 1.82) is 0 Å². The van der Waals surface area contributed by atoms with Crippen LogP contribution in [-0.4, -0.2) is 30.1 Å². The fraction of sp³-hybridized carbons (Fsp3) is 0.562. The van der Waals surface area contributed by atoms with Crippen molar-refractivity contribution in [2.75, 3.05) is 13.2 Å². The molecule has 0 N–H and O–H groups in total. The van der Waals surface area contributed by atoms with Gasteiger partial charge < -0.3 is 4.74 Å².